The van der Waals surface area contributed by atoms with Crippen LogP contribution < -0.4 is 0 Å². The van der Waals surface area contributed by atoms with E-state index in [1.807, 2.05) is 50.8 Å². The van der Waals surface area contributed by atoms with Crippen molar-refractivity contribution in [3.8, 4) is 0 Å². The molecular formula is C18H25NO3. The summed E-state index contributed by atoms with van der Waals surface area (Å²) >= 11 is 0. The van der Waals surface area contributed by atoms with Crippen molar-refractivity contribution in [3.63, 3.8) is 0 Å². The fraction of sp³-hybridized carbons (Fsp3) is 0.556. The molecule has 1 amide bonds. The van der Waals surface area contributed by atoms with Crippen molar-refractivity contribution in [1.82, 2.24) is 4.90 Å². The third-order valence-corrected chi connectivity index (χ3v) is 4.32. The number of carbonyl (C=O) groups excluding carboxylic acids is 2. The van der Waals surface area contributed by atoms with Crippen molar-refractivity contribution in [1.29, 1.82) is 0 Å². The van der Waals surface area contributed by atoms with Gasteiger partial charge in [-0.2, -0.15) is 0 Å². The van der Waals surface area contributed by atoms with Gasteiger partial charge in [0.1, 0.15) is 0 Å². The SMILES string of the molecule is Cc1ccc(C(=O)CCC(=O)N2CC(C)OCC2C)cc1C. The largest absolute Gasteiger partial charge is 0.375 e. The minimum absolute atomic E-state index is 0.0328. The maximum Gasteiger partial charge on any atom is 0.223 e. The van der Waals surface area contributed by atoms with E-state index < -0.39 is 0 Å². The maximum absolute atomic E-state index is 12.3. The van der Waals surface area contributed by atoms with Crippen LogP contribution in [-0.2, 0) is 9.53 Å². The number of Topliss-reactive ketones (excluding diaryl/α,β-unsaturated/α-hetero) is 1. The highest BCUT2D eigenvalue weighted by atomic mass is 16.5. The number of carbonyl (C=O) groups is 2. The summed E-state index contributed by atoms with van der Waals surface area (Å²) < 4.78 is 5.53. The van der Waals surface area contributed by atoms with Crippen LogP contribution in [0.1, 0.15) is 48.2 Å². The lowest BCUT2D eigenvalue weighted by Crippen LogP contribution is -2.50. The van der Waals surface area contributed by atoms with Gasteiger partial charge in [0.25, 0.3) is 0 Å². The van der Waals surface area contributed by atoms with E-state index >= 15 is 0 Å². The zero-order valence-electron chi connectivity index (χ0n) is 13.9. The molecule has 1 aromatic rings. The molecule has 4 heteroatoms. The first-order valence-corrected chi connectivity index (χ1v) is 7.90. The number of amides is 1. The maximum atomic E-state index is 12.3. The quantitative estimate of drug-likeness (QED) is 0.804. The lowest BCUT2D eigenvalue weighted by atomic mass is 10.0. The van der Waals surface area contributed by atoms with Crippen LogP contribution in [0.4, 0.5) is 0 Å². The van der Waals surface area contributed by atoms with E-state index in [1.54, 1.807) is 0 Å². The summed E-state index contributed by atoms with van der Waals surface area (Å²) in [5.74, 6) is 0.0743. The molecule has 0 bridgehead atoms. The highest BCUT2D eigenvalue weighted by Gasteiger charge is 2.27. The fourth-order valence-corrected chi connectivity index (χ4v) is 2.67. The van der Waals surface area contributed by atoms with Gasteiger partial charge in [-0.15, -0.1) is 0 Å². The average molecular weight is 303 g/mol. The second kappa shape index (κ2) is 7.05. The molecule has 0 saturated carbocycles. The second-order valence-corrected chi connectivity index (χ2v) is 6.26. The molecule has 0 radical (unpaired) electrons. The summed E-state index contributed by atoms with van der Waals surface area (Å²) in [5.41, 5.74) is 2.97. The first-order chi connectivity index (χ1) is 10.4. The zero-order valence-corrected chi connectivity index (χ0v) is 13.9. The van der Waals surface area contributed by atoms with Crippen LogP contribution in [0.15, 0.2) is 18.2 Å². The summed E-state index contributed by atoms with van der Waals surface area (Å²) in [6.07, 6.45) is 0.596. The molecule has 4 nitrogen and oxygen atoms in total. The second-order valence-electron chi connectivity index (χ2n) is 6.26. The number of rotatable bonds is 4. The third kappa shape index (κ3) is 3.95. The molecule has 0 aliphatic carbocycles. The Labute approximate surface area is 132 Å². The fourth-order valence-electron chi connectivity index (χ4n) is 2.67. The minimum atomic E-state index is 0.0328. The molecule has 2 rings (SSSR count). The van der Waals surface area contributed by atoms with Gasteiger partial charge >= 0.3 is 0 Å². The number of ether oxygens (including phenoxy) is 1. The molecular weight excluding hydrogens is 278 g/mol. The van der Waals surface area contributed by atoms with Crippen LogP contribution in [0.2, 0.25) is 0 Å². The summed E-state index contributed by atoms with van der Waals surface area (Å²) in [4.78, 5) is 26.4. The van der Waals surface area contributed by atoms with Crippen molar-refractivity contribution in [3.05, 3.63) is 34.9 Å². The number of hydrogen-bond donors (Lipinski definition) is 0. The molecule has 1 aliphatic rings. The molecule has 1 fully saturated rings. The number of benzene rings is 1. The Kier molecular flexibility index (Phi) is 5.35. The van der Waals surface area contributed by atoms with E-state index in [2.05, 4.69) is 0 Å². The van der Waals surface area contributed by atoms with Gasteiger partial charge in [-0.3, -0.25) is 9.59 Å². The summed E-state index contributed by atoms with van der Waals surface area (Å²) in [7, 11) is 0. The van der Waals surface area contributed by atoms with Gasteiger partial charge in [0.2, 0.25) is 5.91 Å². The van der Waals surface area contributed by atoms with Gasteiger partial charge in [-0.25, -0.2) is 0 Å². The Morgan fingerprint density at radius 2 is 1.91 bits per heavy atom. The molecule has 1 heterocycles. The molecule has 0 aromatic heterocycles. The topological polar surface area (TPSA) is 46.6 Å². The molecule has 0 spiro atoms. The highest BCUT2D eigenvalue weighted by Crippen LogP contribution is 2.16. The molecule has 0 N–H and O–H groups in total. The molecule has 1 aromatic carbocycles. The van der Waals surface area contributed by atoms with Crippen LogP contribution in [0.25, 0.3) is 0 Å². The first kappa shape index (κ1) is 16.7. The zero-order chi connectivity index (χ0) is 16.3. The molecule has 2 unspecified atom stereocenters. The van der Waals surface area contributed by atoms with Crippen molar-refractivity contribution < 1.29 is 14.3 Å². The van der Waals surface area contributed by atoms with Crippen LogP contribution in [0.3, 0.4) is 0 Å². The summed E-state index contributed by atoms with van der Waals surface area (Å²) in [6, 6.07) is 5.78. The molecule has 1 aliphatic heterocycles. The molecule has 22 heavy (non-hydrogen) atoms. The Balaban J connectivity index is 1.92. The third-order valence-electron chi connectivity index (χ3n) is 4.32. The predicted molar refractivity (Wildman–Crippen MR) is 86.1 cm³/mol. The molecule has 1 saturated heterocycles. The van der Waals surface area contributed by atoms with Gasteiger partial charge in [0, 0.05) is 24.9 Å². The Hall–Kier alpha value is -1.68. The number of nitrogens with zero attached hydrogens (tertiary/aromatic N) is 1. The lowest BCUT2D eigenvalue weighted by Gasteiger charge is -2.36. The lowest BCUT2D eigenvalue weighted by molar-refractivity contribution is -0.143. The van der Waals surface area contributed by atoms with Crippen molar-refractivity contribution in [2.45, 2.75) is 52.7 Å². The number of aryl methyl sites for hydroxylation is 2. The monoisotopic (exact) mass is 303 g/mol. The average Bonchev–Trinajstić information content (AvgIpc) is 2.49. The Bertz CT molecular complexity index is 567. The van der Waals surface area contributed by atoms with Gasteiger partial charge in [-0.1, -0.05) is 12.1 Å². The first-order valence-electron chi connectivity index (χ1n) is 7.90. The summed E-state index contributed by atoms with van der Waals surface area (Å²) in [5, 5.41) is 0. The normalized spacial score (nSPS) is 21.7. The molecule has 2 atom stereocenters. The van der Waals surface area contributed by atoms with Crippen molar-refractivity contribution in [2.75, 3.05) is 13.2 Å². The highest BCUT2D eigenvalue weighted by molar-refractivity contribution is 5.98. The smallest absolute Gasteiger partial charge is 0.223 e. The van der Waals surface area contributed by atoms with Crippen LogP contribution in [0, 0.1) is 13.8 Å². The van der Waals surface area contributed by atoms with E-state index in [4.69, 9.17) is 4.74 Å². The van der Waals surface area contributed by atoms with Gasteiger partial charge in [0.15, 0.2) is 5.78 Å². The molecule has 120 valence electrons. The number of hydrogen-bond acceptors (Lipinski definition) is 3. The predicted octanol–water partition coefficient (Wildman–Crippen LogP) is 2.90. The van der Waals surface area contributed by atoms with E-state index in [0.29, 0.717) is 18.7 Å². The van der Waals surface area contributed by atoms with Crippen LogP contribution >= 0.6 is 0 Å². The Morgan fingerprint density at radius 1 is 1.18 bits per heavy atom. The van der Waals surface area contributed by atoms with Gasteiger partial charge in [-0.05, 0) is 44.9 Å². The van der Waals surface area contributed by atoms with E-state index in [1.165, 1.54) is 5.56 Å². The van der Waals surface area contributed by atoms with Crippen LogP contribution in [0.5, 0.6) is 0 Å². The van der Waals surface area contributed by atoms with E-state index in [-0.39, 0.29) is 36.7 Å². The number of morpholine rings is 1. The minimum Gasteiger partial charge on any atom is -0.375 e. The number of ketones is 1. The van der Waals surface area contributed by atoms with Crippen molar-refractivity contribution >= 4 is 11.7 Å². The van der Waals surface area contributed by atoms with Crippen molar-refractivity contribution in [2.24, 2.45) is 0 Å². The van der Waals surface area contributed by atoms with E-state index in [0.717, 1.165) is 5.56 Å². The van der Waals surface area contributed by atoms with Crippen LogP contribution in [-0.4, -0.2) is 41.9 Å². The van der Waals surface area contributed by atoms with Gasteiger partial charge in [0.05, 0.1) is 18.8 Å². The van der Waals surface area contributed by atoms with E-state index in [9.17, 15) is 9.59 Å². The summed E-state index contributed by atoms with van der Waals surface area (Å²) in [6.45, 7) is 9.14. The standard InChI is InChI=1S/C18H25NO3/c1-12-5-6-16(9-13(12)2)17(20)7-8-18(21)19-10-15(4)22-11-14(19)3/h5-6,9,14-15H,7-8,10-11H2,1-4H3. The Morgan fingerprint density at radius 3 is 2.59 bits per heavy atom. The van der Waals surface area contributed by atoms with Gasteiger partial charge < -0.3 is 9.64 Å².